The number of methoxy groups -OCH3 is 1. The van der Waals surface area contributed by atoms with E-state index < -0.39 is 24.5 Å². The SMILES string of the molecule is COC(=O)CNC(=O)COC(=O)c1c2c(nc3ccccc13)CCCC2. The van der Waals surface area contributed by atoms with Crippen LogP contribution in [-0.2, 0) is 31.9 Å². The Labute approximate surface area is 150 Å². The maximum Gasteiger partial charge on any atom is 0.339 e. The van der Waals surface area contributed by atoms with Crippen molar-refractivity contribution in [3.05, 3.63) is 41.1 Å². The lowest BCUT2D eigenvalue weighted by Crippen LogP contribution is -2.33. The second-order valence-electron chi connectivity index (χ2n) is 6.07. The predicted octanol–water partition coefficient (Wildman–Crippen LogP) is 1.56. The molecule has 0 atom stereocenters. The molecule has 1 aliphatic carbocycles. The summed E-state index contributed by atoms with van der Waals surface area (Å²) in [6, 6.07) is 7.42. The number of pyridine rings is 1. The lowest BCUT2D eigenvalue weighted by molar-refractivity contribution is -0.141. The van der Waals surface area contributed by atoms with Gasteiger partial charge in [-0.25, -0.2) is 4.79 Å². The van der Waals surface area contributed by atoms with Crippen molar-refractivity contribution in [2.45, 2.75) is 25.7 Å². The standard InChI is InChI=1S/C19H20N2O5/c1-25-17(23)10-20-16(22)11-26-19(24)18-12-6-2-4-8-14(12)21-15-9-5-3-7-13(15)18/h2,4,6,8H,3,5,7,9-11H2,1H3,(H,20,22). The molecular weight excluding hydrogens is 336 g/mol. The van der Waals surface area contributed by atoms with Gasteiger partial charge in [0.05, 0.1) is 18.2 Å². The number of carbonyl (C=O) groups excluding carboxylic acids is 3. The van der Waals surface area contributed by atoms with Gasteiger partial charge in [0.2, 0.25) is 0 Å². The van der Waals surface area contributed by atoms with Crippen LogP contribution < -0.4 is 5.32 Å². The Kier molecular flexibility index (Phi) is 5.46. The fraction of sp³-hybridized carbons (Fsp3) is 0.368. The molecule has 1 aromatic carbocycles. The fourth-order valence-corrected chi connectivity index (χ4v) is 3.10. The highest BCUT2D eigenvalue weighted by molar-refractivity contribution is 6.05. The molecule has 1 N–H and O–H groups in total. The Morgan fingerprint density at radius 3 is 2.73 bits per heavy atom. The number of para-hydroxylation sites is 1. The molecule has 136 valence electrons. The number of nitrogens with one attached hydrogen (secondary N) is 1. The molecule has 3 rings (SSSR count). The second kappa shape index (κ2) is 7.95. The Bertz CT molecular complexity index is 862. The summed E-state index contributed by atoms with van der Waals surface area (Å²) in [5.74, 6) is -1.68. The quantitative estimate of drug-likeness (QED) is 0.817. The Balaban J connectivity index is 1.79. The van der Waals surface area contributed by atoms with Crippen molar-refractivity contribution in [1.29, 1.82) is 0 Å². The van der Waals surface area contributed by atoms with E-state index in [-0.39, 0.29) is 6.54 Å². The van der Waals surface area contributed by atoms with Crippen LogP contribution in [0.2, 0.25) is 0 Å². The third kappa shape index (κ3) is 3.82. The van der Waals surface area contributed by atoms with Crippen LogP contribution in [0.4, 0.5) is 0 Å². The number of amides is 1. The molecule has 7 heteroatoms. The van der Waals surface area contributed by atoms with E-state index >= 15 is 0 Å². The minimum Gasteiger partial charge on any atom is -0.468 e. The zero-order chi connectivity index (χ0) is 18.5. The van der Waals surface area contributed by atoms with Crippen LogP contribution in [-0.4, -0.2) is 43.1 Å². The molecule has 7 nitrogen and oxygen atoms in total. The fourth-order valence-electron chi connectivity index (χ4n) is 3.10. The first-order valence-corrected chi connectivity index (χ1v) is 8.51. The maximum atomic E-state index is 12.7. The second-order valence-corrected chi connectivity index (χ2v) is 6.07. The summed E-state index contributed by atoms with van der Waals surface area (Å²) in [7, 11) is 1.23. The normalized spacial score (nSPS) is 13.0. The van der Waals surface area contributed by atoms with Crippen LogP contribution in [0.1, 0.15) is 34.5 Å². The number of nitrogens with zero attached hydrogens (tertiary/aromatic N) is 1. The van der Waals surface area contributed by atoms with E-state index in [9.17, 15) is 14.4 Å². The van der Waals surface area contributed by atoms with Gasteiger partial charge >= 0.3 is 11.9 Å². The van der Waals surface area contributed by atoms with Crippen molar-refractivity contribution in [3.63, 3.8) is 0 Å². The molecule has 1 aromatic heterocycles. The number of ether oxygens (including phenoxy) is 2. The highest BCUT2D eigenvalue weighted by atomic mass is 16.5. The molecule has 1 aliphatic rings. The number of hydrogen-bond donors (Lipinski definition) is 1. The van der Waals surface area contributed by atoms with E-state index in [1.165, 1.54) is 7.11 Å². The number of esters is 2. The van der Waals surface area contributed by atoms with Gasteiger partial charge in [0.15, 0.2) is 6.61 Å². The number of aryl methyl sites for hydroxylation is 1. The van der Waals surface area contributed by atoms with E-state index in [2.05, 4.69) is 15.0 Å². The van der Waals surface area contributed by atoms with Gasteiger partial charge in [0.1, 0.15) is 6.54 Å². The summed E-state index contributed by atoms with van der Waals surface area (Å²) in [6.45, 7) is -0.721. The molecule has 0 saturated heterocycles. The molecule has 1 heterocycles. The minimum absolute atomic E-state index is 0.263. The van der Waals surface area contributed by atoms with E-state index in [0.29, 0.717) is 5.56 Å². The lowest BCUT2D eigenvalue weighted by Gasteiger charge is -2.19. The van der Waals surface area contributed by atoms with E-state index in [1.54, 1.807) is 0 Å². The average Bonchev–Trinajstić information content (AvgIpc) is 2.68. The molecule has 0 aliphatic heterocycles. The summed E-state index contributed by atoms with van der Waals surface area (Å²) in [4.78, 5) is 40.2. The van der Waals surface area contributed by atoms with Gasteiger partial charge in [0.25, 0.3) is 5.91 Å². The molecule has 0 bridgehead atoms. The molecule has 0 radical (unpaired) electrons. The van der Waals surface area contributed by atoms with Crippen LogP contribution in [0.25, 0.3) is 10.9 Å². The number of hydrogen-bond acceptors (Lipinski definition) is 6. The molecule has 1 amide bonds. The summed E-state index contributed by atoms with van der Waals surface area (Å²) >= 11 is 0. The lowest BCUT2D eigenvalue weighted by atomic mass is 9.90. The summed E-state index contributed by atoms with van der Waals surface area (Å²) in [5, 5.41) is 3.07. The van der Waals surface area contributed by atoms with Crippen molar-refractivity contribution >= 4 is 28.7 Å². The van der Waals surface area contributed by atoms with E-state index in [0.717, 1.165) is 47.8 Å². The van der Waals surface area contributed by atoms with Crippen LogP contribution in [0, 0.1) is 0 Å². The Morgan fingerprint density at radius 1 is 1.15 bits per heavy atom. The average molecular weight is 356 g/mol. The highest BCUT2D eigenvalue weighted by Gasteiger charge is 2.24. The van der Waals surface area contributed by atoms with E-state index in [1.807, 2.05) is 24.3 Å². The Hall–Kier alpha value is -2.96. The number of carbonyl (C=O) groups is 3. The molecule has 0 unspecified atom stereocenters. The number of aromatic nitrogens is 1. The summed E-state index contributed by atoms with van der Waals surface area (Å²) in [6.07, 6.45) is 3.64. The van der Waals surface area contributed by atoms with Crippen molar-refractivity contribution in [1.82, 2.24) is 10.3 Å². The van der Waals surface area contributed by atoms with Crippen LogP contribution in [0.15, 0.2) is 24.3 Å². The molecule has 0 saturated carbocycles. The van der Waals surface area contributed by atoms with Gasteiger partial charge in [-0.15, -0.1) is 0 Å². The number of rotatable bonds is 5. The Morgan fingerprint density at radius 2 is 1.92 bits per heavy atom. The zero-order valence-corrected chi connectivity index (χ0v) is 14.5. The van der Waals surface area contributed by atoms with Crippen molar-refractivity contribution in [3.8, 4) is 0 Å². The third-order valence-electron chi connectivity index (χ3n) is 4.37. The molecule has 26 heavy (non-hydrogen) atoms. The van der Waals surface area contributed by atoms with Gasteiger partial charge in [-0.2, -0.15) is 0 Å². The highest BCUT2D eigenvalue weighted by Crippen LogP contribution is 2.29. The molecule has 2 aromatic rings. The van der Waals surface area contributed by atoms with Crippen molar-refractivity contribution < 1.29 is 23.9 Å². The number of benzene rings is 1. The van der Waals surface area contributed by atoms with Gasteiger partial charge in [-0.05, 0) is 37.3 Å². The summed E-state index contributed by atoms with van der Waals surface area (Å²) in [5.41, 5.74) is 3.08. The molecule has 0 spiro atoms. The van der Waals surface area contributed by atoms with Crippen LogP contribution in [0.3, 0.4) is 0 Å². The van der Waals surface area contributed by atoms with Gasteiger partial charge in [-0.1, -0.05) is 18.2 Å². The molecular formula is C19H20N2O5. The summed E-state index contributed by atoms with van der Waals surface area (Å²) < 4.78 is 9.64. The third-order valence-corrected chi connectivity index (χ3v) is 4.37. The minimum atomic E-state index is -0.570. The first kappa shape index (κ1) is 17.8. The maximum absolute atomic E-state index is 12.7. The zero-order valence-electron chi connectivity index (χ0n) is 14.5. The van der Waals surface area contributed by atoms with Crippen LogP contribution in [0.5, 0.6) is 0 Å². The van der Waals surface area contributed by atoms with E-state index in [4.69, 9.17) is 4.74 Å². The van der Waals surface area contributed by atoms with Crippen LogP contribution >= 0.6 is 0 Å². The largest absolute Gasteiger partial charge is 0.468 e. The predicted molar refractivity (Wildman–Crippen MR) is 93.7 cm³/mol. The monoisotopic (exact) mass is 356 g/mol. The van der Waals surface area contributed by atoms with Gasteiger partial charge < -0.3 is 14.8 Å². The number of fused-ring (bicyclic) bond motifs is 2. The molecule has 0 fully saturated rings. The first-order chi connectivity index (χ1) is 12.6. The van der Waals surface area contributed by atoms with Gasteiger partial charge in [0, 0.05) is 11.1 Å². The van der Waals surface area contributed by atoms with Crippen molar-refractivity contribution in [2.75, 3.05) is 20.3 Å². The van der Waals surface area contributed by atoms with Crippen molar-refractivity contribution in [2.24, 2.45) is 0 Å². The smallest absolute Gasteiger partial charge is 0.339 e. The van der Waals surface area contributed by atoms with Gasteiger partial charge in [-0.3, -0.25) is 14.6 Å². The first-order valence-electron chi connectivity index (χ1n) is 8.51. The topological polar surface area (TPSA) is 94.6 Å².